The summed E-state index contributed by atoms with van der Waals surface area (Å²) in [7, 11) is 0. The van der Waals surface area contributed by atoms with E-state index < -0.39 is 18.5 Å². The zero-order valence-corrected chi connectivity index (χ0v) is 11.5. The van der Waals surface area contributed by atoms with Crippen molar-refractivity contribution in [1.29, 1.82) is 0 Å². The Labute approximate surface area is 118 Å². The molecule has 3 rings (SSSR count). The third-order valence-electron chi connectivity index (χ3n) is 3.78. The first kappa shape index (κ1) is 14.0. The van der Waals surface area contributed by atoms with Crippen molar-refractivity contribution in [2.75, 3.05) is 13.4 Å². The molecule has 0 bridgehead atoms. The summed E-state index contributed by atoms with van der Waals surface area (Å²) in [6.45, 7) is 2.69. The first-order valence-electron chi connectivity index (χ1n) is 7.03. The van der Waals surface area contributed by atoms with Gasteiger partial charge in [0, 0.05) is 5.56 Å². The number of ether oxygens (including phenoxy) is 4. The lowest BCUT2D eigenvalue weighted by Crippen LogP contribution is -2.52. The van der Waals surface area contributed by atoms with Crippen LogP contribution in [0.2, 0.25) is 0 Å². The second kappa shape index (κ2) is 6.20. The molecule has 110 valence electrons. The van der Waals surface area contributed by atoms with Gasteiger partial charge in [0.15, 0.2) is 6.29 Å². The molecule has 0 spiro atoms. The van der Waals surface area contributed by atoms with Gasteiger partial charge in [0.1, 0.15) is 25.1 Å². The van der Waals surface area contributed by atoms with Crippen molar-refractivity contribution in [2.45, 2.75) is 44.1 Å². The minimum absolute atomic E-state index is 0.242. The topological polar surface area (TPSA) is 57.2 Å². The average molecular weight is 280 g/mol. The summed E-state index contributed by atoms with van der Waals surface area (Å²) >= 11 is 0. The number of benzene rings is 1. The normalized spacial score (nSPS) is 38.0. The van der Waals surface area contributed by atoms with Gasteiger partial charge in [-0.2, -0.15) is 0 Å². The largest absolute Gasteiger partial charge is 0.388 e. The second-order valence-corrected chi connectivity index (χ2v) is 5.11. The molecule has 0 amide bonds. The highest BCUT2D eigenvalue weighted by Gasteiger charge is 2.43. The summed E-state index contributed by atoms with van der Waals surface area (Å²) in [6, 6.07) is 9.75. The maximum atomic E-state index is 10.4. The lowest BCUT2D eigenvalue weighted by molar-refractivity contribution is -0.304. The molecular weight excluding hydrogens is 260 g/mol. The molecule has 0 aliphatic carbocycles. The van der Waals surface area contributed by atoms with Gasteiger partial charge in [-0.25, -0.2) is 0 Å². The van der Waals surface area contributed by atoms with Gasteiger partial charge >= 0.3 is 0 Å². The van der Waals surface area contributed by atoms with Crippen LogP contribution in [0.3, 0.4) is 0 Å². The zero-order chi connectivity index (χ0) is 13.9. The van der Waals surface area contributed by atoms with Crippen molar-refractivity contribution in [3.8, 4) is 0 Å². The van der Waals surface area contributed by atoms with E-state index in [1.165, 1.54) is 0 Å². The van der Waals surface area contributed by atoms with Crippen LogP contribution >= 0.6 is 0 Å². The van der Waals surface area contributed by atoms with Crippen LogP contribution in [0.5, 0.6) is 0 Å². The monoisotopic (exact) mass is 280 g/mol. The molecule has 2 heterocycles. The van der Waals surface area contributed by atoms with Gasteiger partial charge in [0.25, 0.3) is 0 Å². The Bertz CT molecular complexity index is 418. The van der Waals surface area contributed by atoms with Crippen LogP contribution in [0.4, 0.5) is 0 Å². The van der Waals surface area contributed by atoms with Crippen LogP contribution in [0.15, 0.2) is 30.3 Å². The average Bonchev–Trinajstić information content (AvgIpc) is 3.02. The van der Waals surface area contributed by atoms with Crippen molar-refractivity contribution >= 4 is 0 Å². The standard InChI is InChI=1S/C15H20O5/c1-2-11-13(16)14(12-8-17-9-18-12)20-15(19-11)10-6-4-3-5-7-10/h3-7,11-16H,2,8-9H2,1H3/t11-,12+,13+,14+,15?/m0/s1. The summed E-state index contributed by atoms with van der Waals surface area (Å²) in [5, 5.41) is 10.4. The van der Waals surface area contributed by atoms with E-state index in [-0.39, 0.29) is 19.0 Å². The fraction of sp³-hybridized carbons (Fsp3) is 0.600. The lowest BCUT2D eigenvalue weighted by atomic mass is 9.99. The molecule has 2 aliphatic heterocycles. The Kier molecular flexibility index (Phi) is 4.33. The van der Waals surface area contributed by atoms with Crippen LogP contribution in [0, 0.1) is 0 Å². The lowest BCUT2D eigenvalue weighted by Gasteiger charge is -2.41. The molecule has 5 nitrogen and oxygen atoms in total. The number of rotatable bonds is 3. The fourth-order valence-electron chi connectivity index (χ4n) is 2.66. The highest BCUT2D eigenvalue weighted by Crippen LogP contribution is 2.34. The maximum absolute atomic E-state index is 10.4. The summed E-state index contributed by atoms with van der Waals surface area (Å²) in [5.41, 5.74) is 0.946. The van der Waals surface area contributed by atoms with Gasteiger partial charge in [-0.1, -0.05) is 37.3 Å². The van der Waals surface area contributed by atoms with E-state index in [4.69, 9.17) is 18.9 Å². The molecule has 1 aromatic rings. The fourth-order valence-corrected chi connectivity index (χ4v) is 2.66. The second-order valence-electron chi connectivity index (χ2n) is 5.11. The van der Waals surface area contributed by atoms with Gasteiger partial charge in [-0.15, -0.1) is 0 Å². The van der Waals surface area contributed by atoms with E-state index in [9.17, 15) is 5.11 Å². The van der Waals surface area contributed by atoms with Crippen LogP contribution in [-0.2, 0) is 18.9 Å². The van der Waals surface area contributed by atoms with Crippen molar-refractivity contribution < 1.29 is 24.1 Å². The van der Waals surface area contributed by atoms with Gasteiger partial charge in [-0.3, -0.25) is 0 Å². The molecule has 0 radical (unpaired) electrons. The molecule has 0 saturated carbocycles. The minimum Gasteiger partial charge on any atom is -0.388 e. The van der Waals surface area contributed by atoms with E-state index in [1.54, 1.807) is 0 Å². The predicted molar refractivity (Wildman–Crippen MR) is 70.9 cm³/mol. The SMILES string of the molecule is CC[C@@H]1OC(c2ccccc2)O[C@H]([C@H]2COCO2)[C@@H]1O. The number of aliphatic hydroxyl groups is 1. The summed E-state index contributed by atoms with van der Waals surface area (Å²) in [4.78, 5) is 0. The predicted octanol–water partition coefficient (Wildman–Crippen LogP) is 1.61. The van der Waals surface area contributed by atoms with Crippen LogP contribution in [-0.4, -0.2) is 42.9 Å². The molecule has 2 saturated heterocycles. The maximum Gasteiger partial charge on any atom is 0.184 e. The first-order chi connectivity index (χ1) is 9.79. The van der Waals surface area contributed by atoms with Crippen molar-refractivity contribution in [3.63, 3.8) is 0 Å². The van der Waals surface area contributed by atoms with E-state index in [1.807, 2.05) is 37.3 Å². The molecular formula is C15H20O5. The highest BCUT2D eigenvalue weighted by atomic mass is 16.7. The zero-order valence-electron chi connectivity index (χ0n) is 11.5. The van der Waals surface area contributed by atoms with Crippen molar-refractivity contribution in [2.24, 2.45) is 0 Å². The van der Waals surface area contributed by atoms with Crippen LogP contribution < -0.4 is 0 Å². The molecule has 5 atom stereocenters. The molecule has 20 heavy (non-hydrogen) atoms. The van der Waals surface area contributed by atoms with Gasteiger partial charge in [-0.05, 0) is 6.42 Å². The van der Waals surface area contributed by atoms with Crippen LogP contribution in [0.25, 0.3) is 0 Å². The first-order valence-corrected chi connectivity index (χ1v) is 7.03. The molecule has 5 heteroatoms. The molecule has 0 aromatic heterocycles. The third kappa shape index (κ3) is 2.73. The Morgan fingerprint density at radius 2 is 2.00 bits per heavy atom. The summed E-state index contributed by atoms with van der Waals surface area (Å²) in [6.07, 6.45) is -1.39. The van der Waals surface area contributed by atoms with Crippen LogP contribution in [0.1, 0.15) is 25.2 Å². The Morgan fingerprint density at radius 1 is 1.20 bits per heavy atom. The van der Waals surface area contributed by atoms with E-state index >= 15 is 0 Å². The van der Waals surface area contributed by atoms with Crippen molar-refractivity contribution in [3.05, 3.63) is 35.9 Å². The summed E-state index contributed by atoms with van der Waals surface area (Å²) < 4.78 is 22.5. The van der Waals surface area contributed by atoms with E-state index in [0.29, 0.717) is 6.61 Å². The Balaban J connectivity index is 1.79. The van der Waals surface area contributed by atoms with Gasteiger partial charge in [0.05, 0.1) is 12.7 Å². The Hall–Kier alpha value is -0.980. The van der Waals surface area contributed by atoms with Gasteiger partial charge < -0.3 is 24.1 Å². The smallest absolute Gasteiger partial charge is 0.184 e. The quantitative estimate of drug-likeness (QED) is 0.911. The Morgan fingerprint density at radius 3 is 2.65 bits per heavy atom. The van der Waals surface area contributed by atoms with Gasteiger partial charge in [0.2, 0.25) is 0 Å². The number of hydrogen-bond donors (Lipinski definition) is 1. The molecule has 1 unspecified atom stereocenters. The molecule has 1 N–H and O–H groups in total. The van der Waals surface area contributed by atoms with Crippen molar-refractivity contribution in [1.82, 2.24) is 0 Å². The highest BCUT2D eigenvalue weighted by molar-refractivity contribution is 5.16. The van der Waals surface area contributed by atoms with E-state index in [2.05, 4.69) is 0 Å². The minimum atomic E-state index is -0.702. The number of hydrogen-bond acceptors (Lipinski definition) is 5. The number of aliphatic hydroxyl groups excluding tert-OH is 1. The summed E-state index contributed by atoms with van der Waals surface area (Å²) in [5.74, 6) is 0. The molecule has 2 fully saturated rings. The molecule has 2 aliphatic rings. The van der Waals surface area contributed by atoms with E-state index in [0.717, 1.165) is 12.0 Å². The third-order valence-corrected chi connectivity index (χ3v) is 3.78. The molecule has 1 aromatic carbocycles.